The van der Waals surface area contributed by atoms with Crippen molar-refractivity contribution in [1.82, 2.24) is 5.32 Å². The molecule has 0 radical (unpaired) electrons. The minimum Gasteiger partial charge on any atom is -0.311 e. The maximum absolute atomic E-state index is 3.50. The Morgan fingerprint density at radius 2 is 1.20 bits per heavy atom. The quantitative estimate of drug-likeness (QED) is 0.747. The molecule has 0 amide bonds. The molecule has 114 valence electrons. The van der Waals surface area contributed by atoms with E-state index in [-0.39, 0.29) is 5.54 Å². The van der Waals surface area contributed by atoms with E-state index in [0.29, 0.717) is 17.8 Å². The van der Waals surface area contributed by atoms with Crippen LogP contribution in [0.25, 0.3) is 0 Å². The van der Waals surface area contributed by atoms with Crippen LogP contribution in [-0.2, 0) is 5.54 Å². The molecule has 0 spiro atoms. The third kappa shape index (κ3) is 3.44. The van der Waals surface area contributed by atoms with Gasteiger partial charge in [0.25, 0.3) is 0 Å². The molecule has 1 heteroatoms. The molecule has 0 aromatic heterocycles. The first-order valence-corrected chi connectivity index (χ1v) is 7.98. The monoisotopic (exact) mass is 275 g/mol. The van der Waals surface area contributed by atoms with Crippen LogP contribution in [0.15, 0.2) is 12.1 Å². The van der Waals surface area contributed by atoms with E-state index in [1.807, 2.05) is 0 Å². The Bertz CT molecular complexity index is 424. The maximum atomic E-state index is 3.50. The molecule has 0 bridgehead atoms. The van der Waals surface area contributed by atoms with Crippen LogP contribution in [0, 0.1) is 0 Å². The van der Waals surface area contributed by atoms with Crippen LogP contribution < -0.4 is 5.32 Å². The highest BCUT2D eigenvalue weighted by molar-refractivity contribution is 5.47. The third-order valence-corrected chi connectivity index (χ3v) is 4.38. The normalized spacial score (nSPS) is 12.8. The van der Waals surface area contributed by atoms with Crippen molar-refractivity contribution in [2.24, 2.45) is 0 Å². The Morgan fingerprint density at radius 1 is 0.800 bits per heavy atom. The number of hydrogen-bond acceptors (Lipinski definition) is 1. The lowest BCUT2D eigenvalue weighted by molar-refractivity contribution is 0.432. The fraction of sp³-hybridized carbons (Fsp3) is 0.684. The van der Waals surface area contributed by atoms with Crippen molar-refractivity contribution in [2.45, 2.75) is 78.7 Å². The van der Waals surface area contributed by atoms with Gasteiger partial charge in [-0.1, -0.05) is 53.7 Å². The molecule has 0 unspecified atom stereocenters. The molecule has 0 aliphatic heterocycles. The van der Waals surface area contributed by atoms with Gasteiger partial charge in [-0.3, -0.25) is 0 Å². The van der Waals surface area contributed by atoms with Crippen LogP contribution in [-0.4, -0.2) is 7.05 Å². The highest BCUT2D eigenvalue weighted by Gasteiger charge is 2.27. The van der Waals surface area contributed by atoms with Crippen molar-refractivity contribution in [3.63, 3.8) is 0 Å². The van der Waals surface area contributed by atoms with Gasteiger partial charge < -0.3 is 5.32 Å². The van der Waals surface area contributed by atoms with Gasteiger partial charge in [0.15, 0.2) is 0 Å². The summed E-state index contributed by atoms with van der Waals surface area (Å²) in [6.45, 7) is 18.4. The summed E-state index contributed by atoms with van der Waals surface area (Å²) in [6, 6.07) is 4.85. The predicted octanol–water partition coefficient (Wildman–Crippen LogP) is 5.51. The van der Waals surface area contributed by atoms with E-state index in [1.165, 1.54) is 22.3 Å². The molecule has 1 N–H and O–H groups in total. The van der Waals surface area contributed by atoms with Crippen LogP contribution in [0.3, 0.4) is 0 Å². The van der Waals surface area contributed by atoms with Gasteiger partial charge in [0.1, 0.15) is 0 Å². The molecule has 1 aromatic carbocycles. The van der Waals surface area contributed by atoms with Gasteiger partial charge in [-0.05, 0) is 60.9 Å². The second-order valence-corrected chi connectivity index (χ2v) is 7.41. The molecule has 0 atom stereocenters. The van der Waals surface area contributed by atoms with E-state index in [4.69, 9.17) is 0 Å². The Morgan fingerprint density at radius 3 is 1.45 bits per heavy atom. The van der Waals surface area contributed by atoms with Crippen LogP contribution in [0.4, 0.5) is 0 Å². The summed E-state index contributed by atoms with van der Waals surface area (Å²) < 4.78 is 0. The number of rotatable bonds is 5. The number of hydrogen-bond donors (Lipinski definition) is 1. The van der Waals surface area contributed by atoms with E-state index in [1.54, 1.807) is 0 Å². The topological polar surface area (TPSA) is 12.0 Å². The summed E-state index contributed by atoms with van der Waals surface area (Å²) in [6.07, 6.45) is 0. The van der Waals surface area contributed by atoms with Gasteiger partial charge in [0, 0.05) is 5.54 Å². The lowest BCUT2D eigenvalue weighted by Crippen LogP contribution is -2.36. The Labute approximate surface area is 126 Å². The molecule has 20 heavy (non-hydrogen) atoms. The molecule has 1 rings (SSSR count). The maximum Gasteiger partial charge on any atom is 0.0380 e. The molecular weight excluding hydrogens is 242 g/mol. The van der Waals surface area contributed by atoms with E-state index in [0.717, 1.165) is 0 Å². The van der Waals surface area contributed by atoms with Crippen molar-refractivity contribution >= 4 is 0 Å². The van der Waals surface area contributed by atoms with Gasteiger partial charge in [-0.2, -0.15) is 0 Å². The van der Waals surface area contributed by atoms with Crippen LogP contribution in [0.1, 0.15) is 95.4 Å². The van der Waals surface area contributed by atoms with Gasteiger partial charge in [-0.15, -0.1) is 0 Å². The third-order valence-electron chi connectivity index (χ3n) is 4.38. The smallest absolute Gasteiger partial charge is 0.0380 e. The lowest BCUT2D eigenvalue weighted by Gasteiger charge is -2.33. The molecular formula is C19H33N. The molecule has 0 aliphatic carbocycles. The zero-order chi connectivity index (χ0) is 15.7. The molecule has 1 nitrogen and oxygen atoms in total. The van der Waals surface area contributed by atoms with E-state index < -0.39 is 0 Å². The molecule has 0 saturated carbocycles. The van der Waals surface area contributed by atoms with Crippen molar-refractivity contribution in [3.8, 4) is 0 Å². The zero-order valence-corrected chi connectivity index (χ0v) is 14.9. The van der Waals surface area contributed by atoms with Gasteiger partial charge >= 0.3 is 0 Å². The highest BCUT2D eigenvalue weighted by Crippen LogP contribution is 2.37. The molecule has 0 saturated heterocycles. The van der Waals surface area contributed by atoms with Crippen molar-refractivity contribution in [2.75, 3.05) is 7.05 Å². The minimum absolute atomic E-state index is 0.00865. The summed E-state index contributed by atoms with van der Waals surface area (Å²) in [4.78, 5) is 0. The second-order valence-electron chi connectivity index (χ2n) is 7.41. The van der Waals surface area contributed by atoms with Crippen molar-refractivity contribution in [1.29, 1.82) is 0 Å². The first-order chi connectivity index (χ1) is 9.11. The van der Waals surface area contributed by atoms with Crippen LogP contribution >= 0.6 is 0 Å². The standard InChI is InChI=1S/C19H33N/c1-12(2)15-10-16(13(3)4)18(19(7,8)20-9)17(11-15)14(5)6/h10-14,20H,1-9H3. The Kier molecular flexibility index (Phi) is 5.43. The lowest BCUT2D eigenvalue weighted by atomic mass is 9.77. The Balaban J connectivity index is 3.69. The summed E-state index contributed by atoms with van der Waals surface area (Å²) in [5, 5.41) is 3.50. The molecule has 0 heterocycles. The molecule has 0 aliphatic rings. The predicted molar refractivity (Wildman–Crippen MR) is 90.8 cm³/mol. The zero-order valence-electron chi connectivity index (χ0n) is 14.9. The first kappa shape index (κ1) is 17.2. The molecule has 0 fully saturated rings. The van der Waals surface area contributed by atoms with Gasteiger partial charge in [-0.25, -0.2) is 0 Å². The summed E-state index contributed by atoms with van der Waals surface area (Å²) in [5.41, 5.74) is 5.97. The number of benzene rings is 1. The first-order valence-electron chi connectivity index (χ1n) is 7.98. The van der Waals surface area contributed by atoms with Crippen molar-refractivity contribution in [3.05, 3.63) is 34.4 Å². The average Bonchev–Trinajstić information content (AvgIpc) is 2.36. The van der Waals surface area contributed by atoms with Crippen molar-refractivity contribution < 1.29 is 0 Å². The van der Waals surface area contributed by atoms with E-state index in [2.05, 4.69) is 79.9 Å². The highest BCUT2D eigenvalue weighted by atomic mass is 14.9. The van der Waals surface area contributed by atoms with Gasteiger partial charge in [0.2, 0.25) is 0 Å². The van der Waals surface area contributed by atoms with Gasteiger partial charge in [0.05, 0.1) is 0 Å². The van der Waals surface area contributed by atoms with E-state index in [9.17, 15) is 0 Å². The van der Waals surface area contributed by atoms with E-state index >= 15 is 0 Å². The summed E-state index contributed by atoms with van der Waals surface area (Å²) in [7, 11) is 2.06. The number of nitrogens with one attached hydrogen (secondary N) is 1. The SMILES string of the molecule is CNC(C)(C)c1c(C(C)C)cc(C(C)C)cc1C(C)C. The average molecular weight is 275 g/mol. The second kappa shape index (κ2) is 6.30. The van der Waals surface area contributed by atoms with Crippen LogP contribution in [0.2, 0.25) is 0 Å². The fourth-order valence-electron chi connectivity index (χ4n) is 2.80. The molecule has 1 aromatic rings. The Hall–Kier alpha value is -0.820. The summed E-state index contributed by atoms with van der Waals surface area (Å²) in [5.74, 6) is 1.68. The summed E-state index contributed by atoms with van der Waals surface area (Å²) >= 11 is 0. The van der Waals surface area contributed by atoms with Crippen LogP contribution in [0.5, 0.6) is 0 Å². The fourth-order valence-corrected chi connectivity index (χ4v) is 2.80. The minimum atomic E-state index is 0.00865. The largest absolute Gasteiger partial charge is 0.311 e.